The van der Waals surface area contributed by atoms with Crippen LogP contribution in [0.1, 0.15) is 43.5 Å². The SMILES string of the molecule is CCc1ccc(/C(O)=C2/C(=O)C(=O)N(c3ccc(OC(C)C)cc3)C2c2ccccc2OC)cc1. The topological polar surface area (TPSA) is 76.1 Å². The number of anilines is 1. The molecular formula is C29H29NO5. The molecule has 6 nitrogen and oxygen atoms in total. The van der Waals surface area contributed by atoms with Gasteiger partial charge in [0.05, 0.1) is 24.8 Å². The third kappa shape index (κ3) is 4.64. The molecule has 0 radical (unpaired) electrons. The lowest BCUT2D eigenvalue weighted by Crippen LogP contribution is -2.29. The van der Waals surface area contributed by atoms with Crippen molar-refractivity contribution in [3.8, 4) is 11.5 Å². The van der Waals surface area contributed by atoms with E-state index in [9.17, 15) is 14.7 Å². The van der Waals surface area contributed by atoms with E-state index < -0.39 is 17.7 Å². The average Bonchev–Trinajstić information content (AvgIpc) is 3.13. The van der Waals surface area contributed by atoms with Gasteiger partial charge in [0.15, 0.2) is 0 Å². The fourth-order valence-corrected chi connectivity index (χ4v) is 4.30. The molecule has 180 valence electrons. The van der Waals surface area contributed by atoms with Crippen LogP contribution in [0.15, 0.2) is 78.4 Å². The second kappa shape index (κ2) is 10.1. The number of aliphatic hydroxyl groups is 1. The van der Waals surface area contributed by atoms with Gasteiger partial charge in [0.2, 0.25) is 0 Å². The number of Topliss-reactive ketones (excluding diaryl/α,β-unsaturated/α-hetero) is 1. The van der Waals surface area contributed by atoms with Crippen molar-refractivity contribution in [2.24, 2.45) is 0 Å². The molecule has 1 atom stereocenters. The Morgan fingerprint density at radius 2 is 1.63 bits per heavy atom. The summed E-state index contributed by atoms with van der Waals surface area (Å²) in [5.74, 6) is -0.517. The van der Waals surface area contributed by atoms with Gasteiger partial charge in [-0.1, -0.05) is 49.4 Å². The van der Waals surface area contributed by atoms with Crippen molar-refractivity contribution >= 4 is 23.1 Å². The van der Waals surface area contributed by atoms with Crippen LogP contribution >= 0.6 is 0 Å². The molecule has 3 aromatic carbocycles. The summed E-state index contributed by atoms with van der Waals surface area (Å²) in [5.41, 5.74) is 2.71. The Labute approximate surface area is 205 Å². The van der Waals surface area contributed by atoms with E-state index in [0.717, 1.165) is 12.0 Å². The van der Waals surface area contributed by atoms with Crippen molar-refractivity contribution in [2.75, 3.05) is 12.0 Å². The van der Waals surface area contributed by atoms with Crippen LogP contribution in [0.3, 0.4) is 0 Å². The Morgan fingerprint density at radius 3 is 2.23 bits per heavy atom. The molecule has 35 heavy (non-hydrogen) atoms. The summed E-state index contributed by atoms with van der Waals surface area (Å²) in [4.78, 5) is 28.1. The molecule has 1 N–H and O–H groups in total. The molecule has 0 bridgehead atoms. The number of nitrogens with zero attached hydrogens (tertiary/aromatic N) is 1. The first-order chi connectivity index (χ1) is 16.8. The van der Waals surface area contributed by atoms with E-state index in [4.69, 9.17) is 9.47 Å². The molecule has 0 spiro atoms. The van der Waals surface area contributed by atoms with Crippen LogP contribution in [0.5, 0.6) is 11.5 Å². The zero-order valence-electron chi connectivity index (χ0n) is 20.3. The second-order valence-corrected chi connectivity index (χ2v) is 8.62. The number of para-hydroxylation sites is 1. The molecule has 4 rings (SSSR count). The van der Waals surface area contributed by atoms with Crippen LogP contribution in [-0.2, 0) is 16.0 Å². The van der Waals surface area contributed by atoms with Crippen molar-refractivity contribution < 1.29 is 24.2 Å². The van der Waals surface area contributed by atoms with Crippen LogP contribution in [0.25, 0.3) is 5.76 Å². The zero-order valence-corrected chi connectivity index (χ0v) is 20.3. The van der Waals surface area contributed by atoms with Gasteiger partial charge in [0.1, 0.15) is 17.3 Å². The molecule has 6 heteroatoms. The van der Waals surface area contributed by atoms with E-state index in [1.807, 2.05) is 45.0 Å². The standard InChI is InChI=1S/C29H29NO5/c1-5-19-10-12-20(13-11-19)27(31)25-26(23-8-6-7-9-24(23)34-4)30(29(33)28(25)32)21-14-16-22(17-15-21)35-18(2)3/h6-18,26,31H,5H2,1-4H3/b27-25-. The molecule has 0 saturated carbocycles. The van der Waals surface area contributed by atoms with E-state index in [1.54, 1.807) is 48.5 Å². The van der Waals surface area contributed by atoms with E-state index in [2.05, 4.69) is 0 Å². The molecule has 1 heterocycles. The minimum absolute atomic E-state index is 0.00255. The van der Waals surface area contributed by atoms with Gasteiger partial charge in [0.25, 0.3) is 11.7 Å². The summed E-state index contributed by atoms with van der Waals surface area (Å²) in [6.07, 6.45) is 0.853. The summed E-state index contributed by atoms with van der Waals surface area (Å²) in [7, 11) is 1.53. The maximum atomic E-state index is 13.4. The highest BCUT2D eigenvalue weighted by Crippen LogP contribution is 2.45. The zero-order chi connectivity index (χ0) is 25.1. The van der Waals surface area contributed by atoms with Crippen LogP contribution in [0.4, 0.5) is 5.69 Å². The highest BCUT2D eigenvalue weighted by Gasteiger charge is 2.47. The number of hydrogen-bond donors (Lipinski definition) is 1. The maximum Gasteiger partial charge on any atom is 0.300 e. The molecule has 1 amide bonds. The van der Waals surface area contributed by atoms with E-state index in [0.29, 0.717) is 28.3 Å². The van der Waals surface area contributed by atoms with Gasteiger partial charge < -0.3 is 14.6 Å². The molecule has 0 aromatic heterocycles. The molecule has 1 unspecified atom stereocenters. The van der Waals surface area contributed by atoms with Crippen molar-refractivity contribution in [3.63, 3.8) is 0 Å². The molecule has 1 aliphatic rings. The summed E-state index contributed by atoms with van der Waals surface area (Å²) >= 11 is 0. The Bertz CT molecular complexity index is 1260. The van der Waals surface area contributed by atoms with Crippen LogP contribution < -0.4 is 14.4 Å². The van der Waals surface area contributed by atoms with Crippen LogP contribution in [0.2, 0.25) is 0 Å². The Balaban J connectivity index is 1.89. The predicted molar refractivity (Wildman–Crippen MR) is 136 cm³/mol. The molecule has 0 aliphatic carbocycles. The van der Waals surface area contributed by atoms with E-state index in [-0.39, 0.29) is 17.4 Å². The quantitative estimate of drug-likeness (QED) is 0.273. The maximum absolute atomic E-state index is 13.4. The molecule has 1 saturated heterocycles. The van der Waals surface area contributed by atoms with Gasteiger partial charge >= 0.3 is 0 Å². The average molecular weight is 472 g/mol. The number of ether oxygens (including phenoxy) is 2. The summed E-state index contributed by atoms with van der Waals surface area (Å²) in [6.45, 7) is 5.90. The third-order valence-corrected chi connectivity index (χ3v) is 6.00. The van der Waals surface area contributed by atoms with Crippen molar-refractivity contribution in [1.82, 2.24) is 0 Å². The van der Waals surface area contributed by atoms with Crippen LogP contribution in [0, 0.1) is 0 Å². The van der Waals surface area contributed by atoms with E-state index >= 15 is 0 Å². The van der Waals surface area contributed by atoms with Gasteiger partial charge in [-0.05, 0) is 56.2 Å². The fraction of sp³-hybridized carbons (Fsp3) is 0.241. The largest absolute Gasteiger partial charge is 0.507 e. The van der Waals surface area contributed by atoms with Gasteiger partial charge in [-0.25, -0.2) is 0 Å². The third-order valence-electron chi connectivity index (χ3n) is 6.00. The Morgan fingerprint density at radius 1 is 0.971 bits per heavy atom. The van der Waals surface area contributed by atoms with Gasteiger partial charge in [-0.15, -0.1) is 0 Å². The van der Waals surface area contributed by atoms with E-state index in [1.165, 1.54) is 12.0 Å². The van der Waals surface area contributed by atoms with Crippen molar-refractivity contribution in [2.45, 2.75) is 39.3 Å². The molecule has 1 fully saturated rings. The van der Waals surface area contributed by atoms with Gasteiger partial charge in [-0.3, -0.25) is 14.5 Å². The fourth-order valence-electron chi connectivity index (χ4n) is 4.30. The minimum atomic E-state index is -0.867. The predicted octanol–water partition coefficient (Wildman–Crippen LogP) is 5.67. The Hall–Kier alpha value is -4.06. The number of rotatable bonds is 7. The summed E-state index contributed by atoms with van der Waals surface area (Å²) < 4.78 is 11.3. The number of carbonyl (C=O) groups excluding carboxylic acids is 2. The number of aryl methyl sites for hydroxylation is 1. The molecule has 1 aliphatic heterocycles. The number of amides is 1. The number of ketones is 1. The highest BCUT2D eigenvalue weighted by atomic mass is 16.5. The number of benzene rings is 3. The Kier molecular flexibility index (Phi) is 6.92. The molecular weight excluding hydrogens is 442 g/mol. The van der Waals surface area contributed by atoms with Crippen molar-refractivity contribution in [3.05, 3.63) is 95.1 Å². The number of aliphatic hydroxyl groups excluding tert-OH is 1. The summed E-state index contributed by atoms with van der Waals surface area (Å²) in [5, 5.41) is 11.3. The first kappa shape index (κ1) is 24.1. The number of hydrogen-bond acceptors (Lipinski definition) is 5. The lowest BCUT2D eigenvalue weighted by molar-refractivity contribution is -0.132. The lowest BCUT2D eigenvalue weighted by Gasteiger charge is -2.27. The number of methoxy groups -OCH3 is 1. The monoisotopic (exact) mass is 471 g/mol. The molecule has 3 aromatic rings. The minimum Gasteiger partial charge on any atom is -0.507 e. The number of carbonyl (C=O) groups is 2. The van der Waals surface area contributed by atoms with Gasteiger partial charge in [-0.2, -0.15) is 0 Å². The van der Waals surface area contributed by atoms with Crippen molar-refractivity contribution in [1.29, 1.82) is 0 Å². The first-order valence-electron chi connectivity index (χ1n) is 11.7. The highest BCUT2D eigenvalue weighted by molar-refractivity contribution is 6.51. The summed E-state index contributed by atoms with van der Waals surface area (Å²) in [6, 6.07) is 20.7. The smallest absolute Gasteiger partial charge is 0.300 e. The normalized spacial score (nSPS) is 17.2. The second-order valence-electron chi connectivity index (χ2n) is 8.62. The lowest BCUT2D eigenvalue weighted by atomic mass is 9.94. The first-order valence-corrected chi connectivity index (χ1v) is 11.7. The van der Waals surface area contributed by atoms with Gasteiger partial charge in [0, 0.05) is 16.8 Å². The van der Waals surface area contributed by atoms with Crippen LogP contribution in [-0.4, -0.2) is 30.0 Å².